The van der Waals surface area contributed by atoms with E-state index in [9.17, 15) is 14.4 Å². The Morgan fingerprint density at radius 1 is 0.266 bits per heavy atom. The van der Waals surface area contributed by atoms with E-state index < -0.39 is 6.10 Å². The van der Waals surface area contributed by atoms with Crippen molar-refractivity contribution in [2.75, 3.05) is 13.2 Å². The second-order valence-corrected chi connectivity index (χ2v) is 23.8. The number of ether oxygens (including phenoxy) is 3. The van der Waals surface area contributed by atoms with E-state index in [1.54, 1.807) is 0 Å². The molecule has 0 aliphatic rings. The highest BCUT2D eigenvalue weighted by Crippen LogP contribution is 2.19. The minimum Gasteiger partial charge on any atom is -0.462 e. The summed E-state index contributed by atoms with van der Waals surface area (Å²) in [5.41, 5.74) is 0. The van der Waals surface area contributed by atoms with Gasteiger partial charge in [0.15, 0.2) is 6.10 Å². The Kier molecular flexibility index (Phi) is 65.6. The van der Waals surface area contributed by atoms with Crippen molar-refractivity contribution in [1.82, 2.24) is 0 Å². The van der Waals surface area contributed by atoms with Gasteiger partial charge in [-0.15, -0.1) is 0 Å². The maximum atomic E-state index is 12.8. The molecule has 6 nitrogen and oxygen atoms in total. The summed E-state index contributed by atoms with van der Waals surface area (Å²) in [7, 11) is 0. The molecule has 0 radical (unpaired) electrons. The van der Waals surface area contributed by atoms with E-state index in [1.165, 1.54) is 250 Å². The molecule has 0 fully saturated rings. The van der Waals surface area contributed by atoms with Gasteiger partial charge in [0.25, 0.3) is 0 Å². The van der Waals surface area contributed by atoms with Gasteiger partial charge < -0.3 is 14.2 Å². The standard InChI is InChI=1S/C73H134O6/c1-4-7-10-13-15-17-19-21-23-25-27-29-30-31-32-33-34-35-36-37-38-39-40-41-42-44-45-47-49-51-53-55-57-60-63-66-72(75)78-69-70(68-77-71(74)65-62-59-12-9-6-3)79-73(76)67-64-61-58-56-54-52-50-48-46-43-28-26-24-22-20-18-16-14-11-8-5-2/h7,10,15,17,21,23,27,29,70H,4-6,8-9,11-14,16,18-20,22,24-26,28,30-69H2,1-3H3/b10-7-,17-15-,23-21-,29-27-. The summed E-state index contributed by atoms with van der Waals surface area (Å²) >= 11 is 0. The monoisotopic (exact) mass is 1110 g/mol. The molecule has 79 heavy (non-hydrogen) atoms. The molecule has 0 saturated carbocycles. The summed E-state index contributed by atoms with van der Waals surface area (Å²) in [5, 5.41) is 0. The molecule has 0 amide bonds. The first kappa shape index (κ1) is 76.4. The zero-order valence-electron chi connectivity index (χ0n) is 53.2. The Balaban J connectivity index is 3.87. The number of hydrogen-bond acceptors (Lipinski definition) is 6. The second kappa shape index (κ2) is 67.9. The largest absolute Gasteiger partial charge is 0.462 e. The first-order valence-electron chi connectivity index (χ1n) is 35.1. The summed E-state index contributed by atoms with van der Waals surface area (Å²) in [4.78, 5) is 38.0. The van der Waals surface area contributed by atoms with E-state index >= 15 is 0 Å². The van der Waals surface area contributed by atoms with Crippen molar-refractivity contribution in [2.45, 2.75) is 386 Å². The zero-order chi connectivity index (χ0) is 57.1. The van der Waals surface area contributed by atoms with E-state index in [0.717, 1.165) is 89.9 Å². The van der Waals surface area contributed by atoms with Crippen LogP contribution in [0.2, 0.25) is 0 Å². The fourth-order valence-corrected chi connectivity index (χ4v) is 10.6. The van der Waals surface area contributed by atoms with E-state index in [2.05, 4.69) is 69.4 Å². The SMILES string of the molecule is CC/C=C\C/C=C\C/C=C\C/C=C\CCCCCCCCCCCCCCCCCCCCCCCCC(=O)OCC(COC(=O)CCCCCCC)OC(=O)CCCCCCCCCCCCCCCCCCCCCCC. The topological polar surface area (TPSA) is 78.9 Å². The molecule has 1 atom stereocenters. The molecule has 0 aliphatic carbocycles. The average Bonchev–Trinajstić information content (AvgIpc) is 3.45. The molecular weight excluding hydrogens is 973 g/mol. The van der Waals surface area contributed by atoms with Crippen LogP contribution in [0.5, 0.6) is 0 Å². The van der Waals surface area contributed by atoms with E-state index in [4.69, 9.17) is 14.2 Å². The fourth-order valence-electron chi connectivity index (χ4n) is 10.6. The summed E-state index contributed by atoms with van der Waals surface area (Å²) in [6.07, 6.45) is 86.4. The van der Waals surface area contributed by atoms with Gasteiger partial charge in [0.1, 0.15) is 13.2 Å². The van der Waals surface area contributed by atoms with Crippen molar-refractivity contribution in [2.24, 2.45) is 0 Å². The second-order valence-electron chi connectivity index (χ2n) is 23.8. The number of carbonyl (C=O) groups is 3. The molecule has 0 saturated heterocycles. The summed E-state index contributed by atoms with van der Waals surface area (Å²) in [6.45, 7) is 6.51. The normalized spacial score (nSPS) is 12.3. The first-order valence-corrected chi connectivity index (χ1v) is 35.1. The summed E-state index contributed by atoms with van der Waals surface area (Å²) in [5.74, 6) is -0.853. The number of esters is 3. The Hall–Kier alpha value is -2.63. The van der Waals surface area contributed by atoms with Gasteiger partial charge in [-0.2, -0.15) is 0 Å². The van der Waals surface area contributed by atoms with Crippen LogP contribution in [0.4, 0.5) is 0 Å². The molecule has 0 aromatic carbocycles. The van der Waals surface area contributed by atoms with E-state index in [-0.39, 0.29) is 31.1 Å². The van der Waals surface area contributed by atoms with Gasteiger partial charge in [-0.1, -0.05) is 352 Å². The molecular formula is C73H134O6. The van der Waals surface area contributed by atoms with Crippen LogP contribution in [-0.2, 0) is 28.6 Å². The molecule has 0 bridgehead atoms. The van der Waals surface area contributed by atoms with Crippen molar-refractivity contribution in [3.05, 3.63) is 48.6 Å². The number of unbranched alkanes of at least 4 members (excludes halogenated alkanes) is 46. The molecule has 0 spiro atoms. The first-order chi connectivity index (χ1) is 39.0. The highest BCUT2D eigenvalue weighted by molar-refractivity contribution is 5.71. The van der Waals surface area contributed by atoms with Crippen LogP contribution in [0.25, 0.3) is 0 Å². The smallest absolute Gasteiger partial charge is 0.306 e. The van der Waals surface area contributed by atoms with E-state index in [1.807, 2.05) is 0 Å². The maximum absolute atomic E-state index is 12.8. The quantitative estimate of drug-likeness (QED) is 0.0261. The summed E-state index contributed by atoms with van der Waals surface area (Å²) < 4.78 is 16.8. The molecule has 0 aromatic heterocycles. The van der Waals surface area contributed by atoms with Gasteiger partial charge in [0, 0.05) is 19.3 Å². The molecule has 6 heteroatoms. The molecule has 0 aliphatic heterocycles. The predicted octanol–water partition coefficient (Wildman–Crippen LogP) is 24.1. The van der Waals surface area contributed by atoms with Crippen LogP contribution in [0.1, 0.15) is 380 Å². The van der Waals surface area contributed by atoms with Crippen LogP contribution in [-0.4, -0.2) is 37.2 Å². The highest BCUT2D eigenvalue weighted by Gasteiger charge is 2.19. The van der Waals surface area contributed by atoms with Gasteiger partial charge in [-0.05, 0) is 57.8 Å². The summed E-state index contributed by atoms with van der Waals surface area (Å²) in [6, 6.07) is 0. The fraction of sp³-hybridized carbons (Fsp3) is 0.849. The van der Waals surface area contributed by atoms with Crippen molar-refractivity contribution in [3.63, 3.8) is 0 Å². The third-order valence-electron chi connectivity index (χ3n) is 15.8. The van der Waals surface area contributed by atoms with Crippen LogP contribution in [0, 0.1) is 0 Å². The lowest BCUT2D eigenvalue weighted by Gasteiger charge is -2.18. The van der Waals surface area contributed by atoms with E-state index in [0.29, 0.717) is 19.3 Å². The number of allylic oxidation sites excluding steroid dienone is 8. The van der Waals surface area contributed by atoms with Gasteiger partial charge in [0.05, 0.1) is 0 Å². The molecule has 462 valence electrons. The maximum Gasteiger partial charge on any atom is 0.306 e. The van der Waals surface area contributed by atoms with Crippen molar-refractivity contribution < 1.29 is 28.6 Å². The average molecular weight is 1110 g/mol. The van der Waals surface area contributed by atoms with Crippen LogP contribution < -0.4 is 0 Å². The molecule has 0 heterocycles. The minimum atomic E-state index is -0.764. The minimum absolute atomic E-state index is 0.0659. The molecule has 1 unspecified atom stereocenters. The third-order valence-corrected chi connectivity index (χ3v) is 15.8. The third kappa shape index (κ3) is 66.1. The van der Waals surface area contributed by atoms with Gasteiger partial charge in [-0.3, -0.25) is 14.4 Å². The Labute approximate surface area is 492 Å². The lowest BCUT2D eigenvalue weighted by Crippen LogP contribution is -2.30. The Bertz CT molecular complexity index is 1360. The Morgan fingerprint density at radius 3 is 0.772 bits per heavy atom. The molecule has 0 aromatic rings. The Morgan fingerprint density at radius 2 is 0.494 bits per heavy atom. The molecule has 0 rings (SSSR count). The number of hydrogen-bond donors (Lipinski definition) is 0. The lowest BCUT2D eigenvalue weighted by atomic mass is 10.0. The number of carbonyl (C=O) groups excluding carboxylic acids is 3. The van der Waals surface area contributed by atoms with Crippen LogP contribution in [0.15, 0.2) is 48.6 Å². The molecule has 0 N–H and O–H groups in total. The lowest BCUT2D eigenvalue weighted by molar-refractivity contribution is -0.167. The zero-order valence-corrected chi connectivity index (χ0v) is 53.2. The van der Waals surface area contributed by atoms with Gasteiger partial charge >= 0.3 is 17.9 Å². The van der Waals surface area contributed by atoms with Gasteiger partial charge in [-0.25, -0.2) is 0 Å². The van der Waals surface area contributed by atoms with Gasteiger partial charge in [0.2, 0.25) is 0 Å². The highest BCUT2D eigenvalue weighted by atomic mass is 16.6. The van der Waals surface area contributed by atoms with Crippen molar-refractivity contribution in [3.8, 4) is 0 Å². The van der Waals surface area contributed by atoms with Crippen molar-refractivity contribution in [1.29, 1.82) is 0 Å². The number of rotatable bonds is 65. The predicted molar refractivity (Wildman–Crippen MR) is 344 cm³/mol. The van der Waals surface area contributed by atoms with Crippen LogP contribution >= 0.6 is 0 Å². The van der Waals surface area contributed by atoms with Crippen molar-refractivity contribution >= 4 is 17.9 Å². The van der Waals surface area contributed by atoms with Crippen LogP contribution in [0.3, 0.4) is 0 Å².